The molecule has 5 nitrogen and oxygen atoms in total. The lowest BCUT2D eigenvalue weighted by Crippen LogP contribution is -2.33. The molecule has 8 heteroatoms. The zero-order valence-corrected chi connectivity index (χ0v) is 23.3. The molecule has 0 aliphatic heterocycles. The zero-order valence-electron chi connectivity index (χ0n) is 21.7. The van der Waals surface area contributed by atoms with Gasteiger partial charge in [-0.3, -0.25) is 9.52 Å². The van der Waals surface area contributed by atoms with Gasteiger partial charge in [-0.05, 0) is 90.6 Å². The molecule has 3 atom stereocenters. The topological polar surface area (TPSA) is 50.2 Å². The van der Waals surface area contributed by atoms with Crippen molar-refractivity contribution in [3.05, 3.63) is 112 Å². The van der Waals surface area contributed by atoms with E-state index >= 15 is 0 Å². The maximum atomic E-state index is 14.0. The lowest BCUT2D eigenvalue weighted by Gasteiger charge is -2.29. The summed E-state index contributed by atoms with van der Waals surface area (Å²) in [5.41, 5.74) is 4.61. The Hall–Kier alpha value is -3.13. The van der Waals surface area contributed by atoms with Crippen molar-refractivity contribution in [2.75, 3.05) is 4.90 Å². The molecule has 39 heavy (non-hydrogen) atoms. The second kappa shape index (κ2) is 11.2. The van der Waals surface area contributed by atoms with Crippen molar-refractivity contribution in [2.45, 2.75) is 49.1 Å². The van der Waals surface area contributed by atoms with E-state index in [1.165, 1.54) is 34.7 Å². The number of benzene rings is 3. The van der Waals surface area contributed by atoms with Crippen LogP contribution in [0.3, 0.4) is 0 Å². The number of halogens is 2. The Balaban J connectivity index is 1.27. The van der Waals surface area contributed by atoms with Crippen molar-refractivity contribution < 1.29 is 9.18 Å². The zero-order chi connectivity index (χ0) is 26.9. The maximum absolute atomic E-state index is 14.0. The minimum Gasteiger partial charge on any atom is -0.337 e. The molecular formula is C31H30ClFN4OS. The Labute approximate surface area is 237 Å². The van der Waals surface area contributed by atoms with E-state index < -0.39 is 5.82 Å². The van der Waals surface area contributed by atoms with Gasteiger partial charge < -0.3 is 9.47 Å². The van der Waals surface area contributed by atoms with Crippen LogP contribution >= 0.6 is 23.5 Å². The van der Waals surface area contributed by atoms with Gasteiger partial charge in [0.25, 0.3) is 0 Å². The number of hydrogen-bond donors (Lipinski definition) is 1. The summed E-state index contributed by atoms with van der Waals surface area (Å²) in [4.78, 5) is 21.3. The van der Waals surface area contributed by atoms with Gasteiger partial charge in [0.15, 0.2) is 0 Å². The summed E-state index contributed by atoms with van der Waals surface area (Å²) < 4.78 is 19.2. The number of nitrogens with zero attached hydrogens (tertiary/aromatic N) is 3. The molecule has 1 heterocycles. The Kier molecular flexibility index (Phi) is 7.47. The summed E-state index contributed by atoms with van der Waals surface area (Å²) >= 11 is 7.45. The molecule has 1 saturated carbocycles. The van der Waals surface area contributed by atoms with Crippen LogP contribution in [0.25, 0.3) is 0 Å². The van der Waals surface area contributed by atoms with Crippen molar-refractivity contribution in [1.82, 2.24) is 14.3 Å². The van der Waals surface area contributed by atoms with Gasteiger partial charge in [0, 0.05) is 42.0 Å². The summed E-state index contributed by atoms with van der Waals surface area (Å²) in [5.74, 6) is 0.792. The van der Waals surface area contributed by atoms with Gasteiger partial charge in [-0.2, -0.15) is 0 Å². The number of aryl methyl sites for hydroxylation is 2. The lowest BCUT2D eigenvalue weighted by atomic mass is 9.87. The van der Waals surface area contributed by atoms with Crippen LogP contribution in [0.2, 0.25) is 5.02 Å². The van der Waals surface area contributed by atoms with E-state index in [2.05, 4.69) is 40.0 Å². The molecule has 200 valence electrons. The number of imidazole rings is 1. The number of hydrogen-bond acceptors (Lipinski definition) is 4. The van der Waals surface area contributed by atoms with E-state index in [9.17, 15) is 9.18 Å². The molecule has 0 spiro atoms. The van der Waals surface area contributed by atoms with Gasteiger partial charge in [-0.1, -0.05) is 48.0 Å². The number of aromatic nitrogens is 2. The highest BCUT2D eigenvalue weighted by Gasteiger charge is 2.46. The standard InChI is InChI=1S/C31H30ClFN4OS/c1-36-15-14-34-30(36)19-37(31(38)26-18-24(26)20-6-3-2-4-7-20)22-11-10-21-8-5-9-29(25(21)16-22)35-39-23-12-13-28(33)27(32)17-23/h2-4,6-7,10-17,24,26,29,35H,5,8-9,18-19H2,1H3/t24-,26+,29-/m0/s1. The largest absolute Gasteiger partial charge is 0.337 e. The number of amides is 1. The molecule has 6 rings (SSSR count). The number of fused-ring (bicyclic) bond motifs is 1. The molecule has 4 aromatic rings. The summed E-state index contributed by atoms with van der Waals surface area (Å²) in [7, 11) is 1.96. The first kappa shape index (κ1) is 26.1. The molecule has 0 saturated heterocycles. The molecule has 1 amide bonds. The first-order valence-corrected chi connectivity index (χ1v) is 14.5. The molecule has 1 fully saturated rings. The predicted octanol–water partition coefficient (Wildman–Crippen LogP) is 7.22. The second-order valence-electron chi connectivity index (χ2n) is 10.4. The van der Waals surface area contributed by atoms with Crippen LogP contribution in [0.5, 0.6) is 0 Å². The van der Waals surface area contributed by atoms with E-state index in [0.717, 1.165) is 42.1 Å². The first-order valence-electron chi connectivity index (χ1n) is 13.3. The highest BCUT2D eigenvalue weighted by atomic mass is 35.5. The third-order valence-corrected chi connectivity index (χ3v) is 8.97. The minimum atomic E-state index is -0.420. The van der Waals surface area contributed by atoms with Crippen molar-refractivity contribution >= 4 is 35.1 Å². The van der Waals surface area contributed by atoms with Gasteiger partial charge in [-0.25, -0.2) is 9.37 Å². The van der Waals surface area contributed by atoms with Crippen molar-refractivity contribution in [3.8, 4) is 0 Å². The fourth-order valence-electron chi connectivity index (χ4n) is 5.48. The van der Waals surface area contributed by atoms with Crippen LogP contribution in [0, 0.1) is 11.7 Å². The average molecular weight is 561 g/mol. The number of rotatable bonds is 8. The summed E-state index contributed by atoms with van der Waals surface area (Å²) in [6, 6.07) is 21.6. The van der Waals surface area contributed by atoms with Crippen LogP contribution in [0.15, 0.2) is 84.0 Å². The van der Waals surface area contributed by atoms with Crippen molar-refractivity contribution in [2.24, 2.45) is 13.0 Å². The van der Waals surface area contributed by atoms with Crippen LogP contribution < -0.4 is 9.62 Å². The number of anilines is 1. The fourth-order valence-corrected chi connectivity index (χ4v) is 6.56. The van der Waals surface area contributed by atoms with Gasteiger partial charge in [0.05, 0.1) is 11.6 Å². The third kappa shape index (κ3) is 5.62. The van der Waals surface area contributed by atoms with Crippen molar-refractivity contribution in [1.29, 1.82) is 0 Å². The van der Waals surface area contributed by atoms with Crippen LogP contribution in [-0.2, 0) is 24.8 Å². The first-order chi connectivity index (χ1) is 19.0. The van der Waals surface area contributed by atoms with Gasteiger partial charge in [0.2, 0.25) is 5.91 Å². The third-order valence-electron chi connectivity index (χ3n) is 7.79. The minimum absolute atomic E-state index is 0.0311. The van der Waals surface area contributed by atoms with Crippen molar-refractivity contribution in [3.63, 3.8) is 0 Å². The van der Waals surface area contributed by atoms with E-state index in [-0.39, 0.29) is 28.8 Å². The van der Waals surface area contributed by atoms with Gasteiger partial charge in [-0.15, -0.1) is 0 Å². The van der Waals surface area contributed by atoms with Gasteiger partial charge >= 0.3 is 0 Å². The van der Waals surface area contributed by atoms with Crippen LogP contribution in [-0.4, -0.2) is 15.5 Å². The van der Waals surface area contributed by atoms with Crippen LogP contribution in [0.1, 0.15) is 53.7 Å². The van der Waals surface area contributed by atoms with E-state index in [1.54, 1.807) is 18.3 Å². The Morgan fingerprint density at radius 2 is 2.03 bits per heavy atom. The van der Waals surface area contributed by atoms with E-state index in [4.69, 9.17) is 11.6 Å². The fraction of sp³-hybridized carbons (Fsp3) is 0.290. The highest BCUT2D eigenvalue weighted by molar-refractivity contribution is 7.97. The Morgan fingerprint density at radius 3 is 2.79 bits per heavy atom. The normalized spacial score (nSPS) is 19.9. The van der Waals surface area contributed by atoms with E-state index in [1.807, 2.05) is 40.9 Å². The molecule has 2 aliphatic carbocycles. The molecule has 0 bridgehead atoms. The Bertz CT molecular complexity index is 1490. The smallest absolute Gasteiger partial charge is 0.231 e. The molecule has 0 unspecified atom stereocenters. The average Bonchev–Trinajstić information content (AvgIpc) is 3.67. The van der Waals surface area contributed by atoms with Gasteiger partial charge in [0.1, 0.15) is 11.6 Å². The summed E-state index contributed by atoms with van der Waals surface area (Å²) in [6.45, 7) is 0.417. The van der Waals surface area contributed by atoms with E-state index in [0.29, 0.717) is 6.54 Å². The second-order valence-corrected chi connectivity index (χ2v) is 11.7. The number of nitrogens with one attached hydrogen (secondary N) is 1. The lowest BCUT2D eigenvalue weighted by molar-refractivity contribution is -0.120. The molecule has 1 aromatic heterocycles. The summed E-state index contributed by atoms with van der Waals surface area (Å²) in [6.07, 6.45) is 7.61. The Morgan fingerprint density at radius 1 is 1.18 bits per heavy atom. The molecular weight excluding hydrogens is 531 g/mol. The quantitative estimate of drug-likeness (QED) is 0.231. The highest BCUT2D eigenvalue weighted by Crippen LogP contribution is 2.49. The molecule has 2 aliphatic rings. The SMILES string of the molecule is Cn1ccnc1CN(C(=O)[C@@H]1C[C@H]1c1ccccc1)c1ccc2c(c1)[C@@H](NSc1ccc(F)c(Cl)c1)CCC2. The van der Waals surface area contributed by atoms with Crippen LogP contribution in [0.4, 0.5) is 10.1 Å². The molecule has 0 radical (unpaired) electrons. The number of carbonyl (C=O) groups excluding carboxylic acids is 1. The predicted molar refractivity (Wildman–Crippen MR) is 154 cm³/mol. The molecule has 3 aromatic carbocycles. The maximum Gasteiger partial charge on any atom is 0.231 e. The number of carbonyl (C=O) groups is 1. The molecule has 1 N–H and O–H groups in total. The monoisotopic (exact) mass is 560 g/mol. The summed E-state index contributed by atoms with van der Waals surface area (Å²) in [5, 5.41) is 0.116.